The summed E-state index contributed by atoms with van der Waals surface area (Å²) >= 11 is 1.38. The smallest absolute Gasteiger partial charge is 0.260 e. The third-order valence-corrected chi connectivity index (χ3v) is 3.24. The SMILES string of the molecule is O=C(Nc1nc(-c2ccncc2)cs1)c1ccoc1. The van der Waals surface area contributed by atoms with Gasteiger partial charge in [-0.25, -0.2) is 4.98 Å². The van der Waals surface area contributed by atoms with Crippen LogP contribution in [0.2, 0.25) is 0 Å². The Bertz CT molecular complexity index is 677. The van der Waals surface area contributed by atoms with Gasteiger partial charge in [0.2, 0.25) is 0 Å². The van der Waals surface area contributed by atoms with Crippen molar-refractivity contribution in [2.24, 2.45) is 0 Å². The second kappa shape index (κ2) is 5.03. The van der Waals surface area contributed by atoms with Gasteiger partial charge in [-0.05, 0) is 18.2 Å². The maximum atomic E-state index is 11.8. The van der Waals surface area contributed by atoms with E-state index >= 15 is 0 Å². The van der Waals surface area contributed by atoms with Crippen LogP contribution in [-0.4, -0.2) is 15.9 Å². The lowest BCUT2D eigenvalue weighted by atomic mass is 10.2. The van der Waals surface area contributed by atoms with Crippen LogP contribution in [-0.2, 0) is 0 Å². The minimum absolute atomic E-state index is 0.232. The molecule has 1 N–H and O–H groups in total. The molecular weight excluding hydrogens is 262 g/mol. The molecule has 1 amide bonds. The highest BCUT2D eigenvalue weighted by Crippen LogP contribution is 2.24. The van der Waals surface area contributed by atoms with Gasteiger partial charge < -0.3 is 4.42 Å². The van der Waals surface area contributed by atoms with Gasteiger partial charge in [-0.1, -0.05) is 0 Å². The van der Waals surface area contributed by atoms with E-state index in [4.69, 9.17) is 4.42 Å². The summed E-state index contributed by atoms with van der Waals surface area (Å²) < 4.78 is 4.86. The van der Waals surface area contributed by atoms with Crippen molar-refractivity contribution in [3.05, 3.63) is 54.1 Å². The monoisotopic (exact) mass is 271 g/mol. The molecule has 0 fully saturated rings. The average Bonchev–Trinajstić information content (AvgIpc) is 3.11. The van der Waals surface area contributed by atoms with E-state index in [9.17, 15) is 4.79 Å². The summed E-state index contributed by atoms with van der Waals surface area (Å²) in [4.78, 5) is 20.1. The molecule has 3 aromatic rings. The first kappa shape index (κ1) is 11.6. The molecule has 0 aromatic carbocycles. The minimum Gasteiger partial charge on any atom is -0.472 e. The lowest BCUT2D eigenvalue weighted by molar-refractivity contribution is 0.102. The molecule has 5 nitrogen and oxygen atoms in total. The molecule has 3 aromatic heterocycles. The number of carbonyl (C=O) groups is 1. The number of rotatable bonds is 3. The van der Waals surface area contributed by atoms with Crippen molar-refractivity contribution in [1.82, 2.24) is 9.97 Å². The predicted molar refractivity (Wildman–Crippen MR) is 72.0 cm³/mol. The quantitative estimate of drug-likeness (QED) is 0.795. The number of pyridine rings is 1. The van der Waals surface area contributed by atoms with E-state index in [-0.39, 0.29) is 5.91 Å². The Kier molecular flexibility index (Phi) is 3.07. The molecule has 0 atom stereocenters. The molecule has 0 unspecified atom stereocenters. The lowest BCUT2D eigenvalue weighted by Gasteiger charge is -1.97. The Morgan fingerprint density at radius 2 is 2.11 bits per heavy atom. The van der Waals surface area contributed by atoms with Gasteiger partial charge in [-0.15, -0.1) is 11.3 Å². The number of nitrogens with one attached hydrogen (secondary N) is 1. The van der Waals surface area contributed by atoms with Gasteiger partial charge in [0.25, 0.3) is 5.91 Å². The second-order valence-electron chi connectivity index (χ2n) is 3.74. The van der Waals surface area contributed by atoms with E-state index in [0.29, 0.717) is 10.7 Å². The van der Waals surface area contributed by atoms with Gasteiger partial charge in [0.1, 0.15) is 6.26 Å². The predicted octanol–water partition coefficient (Wildman–Crippen LogP) is 3.05. The number of furan rings is 1. The highest BCUT2D eigenvalue weighted by molar-refractivity contribution is 7.14. The first-order valence-electron chi connectivity index (χ1n) is 5.52. The summed E-state index contributed by atoms with van der Waals surface area (Å²) in [6.45, 7) is 0. The average molecular weight is 271 g/mol. The Balaban J connectivity index is 1.77. The minimum atomic E-state index is -0.232. The third-order valence-electron chi connectivity index (χ3n) is 2.48. The molecule has 0 aliphatic carbocycles. The van der Waals surface area contributed by atoms with Crippen molar-refractivity contribution in [2.75, 3.05) is 5.32 Å². The third kappa shape index (κ3) is 2.53. The van der Waals surface area contributed by atoms with Crippen molar-refractivity contribution in [3.63, 3.8) is 0 Å². The molecule has 0 aliphatic rings. The lowest BCUT2D eigenvalue weighted by Crippen LogP contribution is -2.10. The molecule has 0 saturated heterocycles. The number of nitrogens with zero attached hydrogens (tertiary/aromatic N) is 2. The van der Waals surface area contributed by atoms with Crippen LogP contribution in [0.4, 0.5) is 5.13 Å². The maximum absolute atomic E-state index is 11.8. The summed E-state index contributed by atoms with van der Waals surface area (Å²) in [5.74, 6) is -0.232. The summed E-state index contributed by atoms with van der Waals surface area (Å²) in [5, 5.41) is 5.17. The van der Waals surface area contributed by atoms with E-state index in [1.54, 1.807) is 18.5 Å². The van der Waals surface area contributed by atoms with Crippen LogP contribution in [0.25, 0.3) is 11.3 Å². The van der Waals surface area contributed by atoms with Crippen molar-refractivity contribution >= 4 is 22.4 Å². The fourth-order valence-electron chi connectivity index (χ4n) is 1.55. The number of anilines is 1. The van der Waals surface area contributed by atoms with Crippen LogP contribution in [0.1, 0.15) is 10.4 Å². The number of hydrogen-bond donors (Lipinski definition) is 1. The summed E-state index contributed by atoms with van der Waals surface area (Å²) in [6, 6.07) is 5.35. The number of amides is 1. The number of hydrogen-bond acceptors (Lipinski definition) is 5. The fraction of sp³-hybridized carbons (Fsp3) is 0. The molecule has 0 radical (unpaired) electrons. The molecule has 0 bridgehead atoms. The van der Waals surface area contributed by atoms with Gasteiger partial charge in [0.15, 0.2) is 5.13 Å². The zero-order valence-electron chi connectivity index (χ0n) is 9.74. The van der Waals surface area contributed by atoms with Crippen molar-refractivity contribution < 1.29 is 9.21 Å². The van der Waals surface area contributed by atoms with Crippen LogP contribution in [0.3, 0.4) is 0 Å². The Morgan fingerprint density at radius 1 is 1.26 bits per heavy atom. The molecule has 19 heavy (non-hydrogen) atoms. The zero-order chi connectivity index (χ0) is 13.1. The fourth-order valence-corrected chi connectivity index (χ4v) is 2.26. The van der Waals surface area contributed by atoms with E-state index < -0.39 is 0 Å². The summed E-state index contributed by atoms with van der Waals surface area (Å²) in [5.41, 5.74) is 2.26. The van der Waals surface area contributed by atoms with Crippen molar-refractivity contribution in [1.29, 1.82) is 0 Å². The molecule has 3 heterocycles. The molecule has 0 spiro atoms. The largest absolute Gasteiger partial charge is 0.472 e. The second-order valence-corrected chi connectivity index (χ2v) is 4.60. The van der Waals surface area contributed by atoms with Crippen molar-refractivity contribution in [2.45, 2.75) is 0 Å². The van der Waals surface area contributed by atoms with E-state index in [1.165, 1.54) is 23.9 Å². The van der Waals surface area contributed by atoms with E-state index in [0.717, 1.165) is 11.3 Å². The van der Waals surface area contributed by atoms with Crippen LogP contribution in [0.15, 0.2) is 52.9 Å². The Labute approximate surface area is 112 Å². The molecule has 3 rings (SSSR count). The van der Waals surface area contributed by atoms with Crippen LogP contribution in [0, 0.1) is 0 Å². The van der Waals surface area contributed by atoms with E-state index in [2.05, 4.69) is 15.3 Å². The molecule has 0 aliphatic heterocycles. The standard InChI is InChI=1S/C13H9N3O2S/c17-12(10-3-6-18-7-10)16-13-15-11(8-19-13)9-1-4-14-5-2-9/h1-8H,(H,15,16,17). The van der Waals surface area contributed by atoms with Gasteiger partial charge >= 0.3 is 0 Å². The molecule has 94 valence electrons. The Morgan fingerprint density at radius 3 is 2.84 bits per heavy atom. The van der Waals surface area contributed by atoms with Gasteiger partial charge in [-0.3, -0.25) is 15.1 Å². The highest BCUT2D eigenvalue weighted by atomic mass is 32.1. The van der Waals surface area contributed by atoms with E-state index in [1.807, 2.05) is 17.5 Å². The molecule has 0 saturated carbocycles. The summed E-state index contributed by atoms with van der Waals surface area (Å²) in [6.07, 6.45) is 6.27. The summed E-state index contributed by atoms with van der Waals surface area (Å²) in [7, 11) is 0. The van der Waals surface area contributed by atoms with Crippen LogP contribution >= 0.6 is 11.3 Å². The van der Waals surface area contributed by atoms with Gasteiger partial charge in [0, 0.05) is 23.3 Å². The van der Waals surface area contributed by atoms with Crippen molar-refractivity contribution in [3.8, 4) is 11.3 Å². The number of thiazole rings is 1. The van der Waals surface area contributed by atoms with Crippen LogP contribution < -0.4 is 5.32 Å². The highest BCUT2D eigenvalue weighted by Gasteiger charge is 2.10. The first-order valence-corrected chi connectivity index (χ1v) is 6.40. The normalized spacial score (nSPS) is 10.3. The molecule has 6 heteroatoms. The maximum Gasteiger partial charge on any atom is 0.260 e. The van der Waals surface area contributed by atoms with Crippen LogP contribution in [0.5, 0.6) is 0 Å². The first-order chi connectivity index (χ1) is 9.33. The Hall–Kier alpha value is -2.47. The molecular formula is C13H9N3O2S. The number of carbonyl (C=O) groups excluding carboxylic acids is 1. The topological polar surface area (TPSA) is 68.0 Å². The van der Waals surface area contributed by atoms with Gasteiger partial charge in [-0.2, -0.15) is 0 Å². The van der Waals surface area contributed by atoms with Gasteiger partial charge in [0.05, 0.1) is 17.5 Å². The zero-order valence-corrected chi connectivity index (χ0v) is 10.6. The number of aromatic nitrogens is 2.